The fraction of sp³-hybridized carbons (Fsp3) is 0.810. The lowest BCUT2D eigenvalue weighted by molar-refractivity contribution is -0.125. The van der Waals surface area contributed by atoms with Gasteiger partial charge in [0, 0.05) is 43.0 Å². The summed E-state index contributed by atoms with van der Waals surface area (Å²) in [5.41, 5.74) is 1.39. The topological polar surface area (TPSA) is 71.7 Å². The standard InChI is InChI=1S/C21H34N4O2/c1-4-14(5-2)17-12-15(27-25-17)13-23-20(22-3)24-18-16-8-11-26-19(16)21(18)9-6-7-10-21/h12,14,16,18-19H,4-11,13H2,1-3H3,(H2,22,23,24). The molecule has 0 bridgehead atoms. The molecule has 0 radical (unpaired) electrons. The summed E-state index contributed by atoms with van der Waals surface area (Å²) in [4.78, 5) is 4.46. The predicted octanol–water partition coefficient (Wildman–Crippen LogP) is 3.59. The number of aromatic nitrogens is 1. The number of aliphatic imine (C=N–C) groups is 1. The van der Waals surface area contributed by atoms with Crippen LogP contribution in [0.3, 0.4) is 0 Å². The highest BCUT2D eigenvalue weighted by Crippen LogP contribution is 2.60. The molecule has 1 aliphatic heterocycles. The third kappa shape index (κ3) is 3.26. The Kier molecular flexibility index (Phi) is 5.44. The number of rotatable bonds is 6. The van der Waals surface area contributed by atoms with Gasteiger partial charge in [-0.05, 0) is 32.1 Å². The van der Waals surface area contributed by atoms with Crippen LogP contribution in [0, 0.1) is 11.3 Å². The normalized spacial score (nSPS) is 29.2. The van der Waals surface area contributed by atoms with Crippen molar-refractivity contribution in [3.05, 3.63) is 17.5 Å². The van der Waals surface area contributed by atoms with Crippen LogP contribution in [0.5, 0.6) is 0 Å². The third-order valence-corrected chi connectivity index (χ3v) is 7.21. The summed E-state index contributed by atoms with van der Waals surface area (Å²) < 4.78 is 11.6. The molecule has 150 valence electrons. The van der Waals surface area contributed by atoms with E-state index in [1.165, 1.54) is 32.1 Å². The molecule has 2 saturated carbocycles. The van der Waals surface area contributed by atoms with Gasteiger partial charge in [0.25, 0.3) is 0 Å². The van der Waals surface area contributed by atoms with Gasteiger partial charge in [-0.1, -0.05) is 31.8 Å². The first-order valence-corrected chi connectivity index (χ1v) is 10.8. The quantitative estimate of drug-likeness (QED) is 0.588. The zero-order chi connectivity index (χ0) is 18.9. The minimum absolute atomic E-state index is 0.327. The highest BCUT2D eigenvalue weighted by atomic mass is 16.5. The van der Waals surface area contributed by atoms with Crippen LogP contribution in [0.4, 0.5) is 0 Å². The lowest BCUT2D eigenvalue weighted by Gasteiger charge is -2.57. The van der Waals surface area contributed by atoms with Gasteiger partial charge in [0.15, 0.2) is 11.7 Å². The van der Waals surface area contributed by atoms with Crippen LogP contribution in [0.25, 0.3) is 0 Å². The number of ether oxygens (including phenoxy) is 1. The molecule has 3 fully saturated rings. The van der Waals surface area contributed by atoms with E-state index in [9.17, 15) is 0 Å². The minimum atomic E-state index is 0.327. The highest BCUT2D eigenvalue weighted by Gasteiger charge is 2.65. The molecule has 27 heavy (non-hydrogen) atoms. The van der Waals surface area contributed by atoms with Crippen LogP contribution in [0.1, 0.15) is 76.2 Å². The lowest BCUT2D eigenvalue weighted by atomic mass is 9.54. The molecule has 1 spiro atoms. The van der Waals surface area contributed by atoms with Gasteiger partial charge in [0.2, 0.25) is 0 Å². The molecule has 0 aromatic carbocycles. The number of hydrogen-bond donors (Lipinski definition) is 2. The Bertz CT molecular complexity index is 661. The van der Waals surface area contributed by atoms with Crippen LogP contribution in [-0.4, -0.2) is 36.9 Å². The maximum absolute atomic E-state index is 6.09. The maximum atomic E-state index is 6.09. The maximum Gasteiger partial charge on any atom is 0.191 e. The van der Waals surface area contributed by atoms with E-state index in [4.69, 9.17) is 9.26 Å². The third-order valence-electron chi connectivity index (χ3n) is 7.21. The van der Waals surface area contributed by atoms with Crippen LogP contribution in [0.2, 0.25) is 0 Å². The summed E-state index contributed by atoms with van der Waals surface area (Å²) in [5, 5.41) is 11.4. The van der Waals surface area contributed by atoms with Crippen molar-refractivity contribution in [1.29, 1.82) is 0 Å². The van der Waals surface area contributed by atoms with E-state index >= 15 is 0 Å². The molecule has 3 unspecified atom stereocenters. The van der Waals surface area contributed by atoms with Crippen LogP contribution >= 0.6 is 0 Å². The molecule has 2 aliphatic carbocycles. The van der Waals surface area contributed by atoms with E-state index in [1.807, 2.05) is 7.05 Å². The predicted molar refractivity (Wildman–Crippen MR) is 106 cm³/mol. The Balaban J connectivity index is 1.36. The van der Waals surface area contributed by atoms with Crippen molar-refractivity contribution in [2.24, 2.45) is 16.3 Å². The first-order chi connectivity index (χ1) is 13.2. The van der Waals surface area contributed by atoms with Crippen molar-refractivity contribution in [3.8, 4) is 0 Å². The summed E-state index contributed by atoms with van der Waals surface area (Å²) in [6, 6.07) is 2.56. The van der Waals surface area contributed by atoms with E-state index in [0.29, 0.717) is 35.9 Å². The molecule has 1 aromatic heterocycles. The van der Waals surface area contributed by atoms with Gasteiger partial charge in [-0.25, -0.2) is 0 Å². The van der Waals surface area contributed by atoms with Crippen molar-refractivity contribution in [2.45, 2.75) is 83.4 Å². The summed E-state index contributed by atoms with van der Waals surface area (Å²) >= 11 is 0. The van der Waals surface area contributed by atoms with Crippen molar-refractivity contribution < 1.29 is 9.26 Å². The molecule has 0 amide bonds. The number of hydrogen-bond acceptors (Lipinski definition) is 4. The zero-order valence-electron chi connectivity index (χ0n) is 17.0. The average molecular weight is 375 g/mol. The Morgan fingerprint density at radius 3 is 2.81 bits per heavy atom. The molecule has 6 heteroatoms. The fourth-order valence-electron chi connectivity index (χ4n) is 5.73. The molecule has 6 nitrogen and oxygen atoms in total. The lowest BCUT2D eigenvalue weighted by Crippen LogP contribution is -2.69. The first-order valence-electron chi connectivity index (χ1n) is 10.8. The molecule has 4 rings (SSSR count). The first kappa shape index (κ1) is 18.8. The number of nitrogens with one attached hydrogen (secondary N) is 2. The summed E-state index contributed by atoms with van der Waals surface area (Å²) in [6.45, 7) is 5.92. The number of fused-ring (bicyclic) bond motifs is 2. The highest BCUT2D eigenvalue weighted by molar-refractivity contribution is 5.80. The summed E-state index contributed by atoms with van der Waals surface area (Å²) in [6.07, 6.45) is 9.03. The Morgan fingerprint density at radius 1 is 1.33 bits per heavy atom. The molecule has 2 N–H and O–H groups in total. The average Bonchev–Trinajstić information content (AvgIpc) is 3.43. The van der Waals surface area contributed by atoms with Crippen molar-refractivity contribution in [1.82, 2.24) is 15.8 Å². The minimum Gasteiger partial charge on any atom is -0.377 e. The van der Waals surface area contributed by atoms with Gasteiger partial charge in [-0.2, -0.15) is 0 Å². The van der Waals surface area contributed by atoms with E-state index in [0.717, 1.165) is 36.9 Å². The van der Waals surface area contributed by atoms with E-state index in [2.05, 4.69) is 40.7 Å². The van der Waals surface area contributed by atoms with E-state index < -0.39 is 0 Å². The van der Waals surface area contributed by atoms with Crippen molar-refractivity contribution >= 4 is 5.96 Å². The van der Waals surface area contributed by atoms with Crippen LogP contribution in [-0.2, 0) is 11.3 Å². The van der Waals surface area contributed by atoms with Crippen molar-refractivity contribution in [2.75, 3.05) is 13.7 Å². The molecule has 3 atom stereocenters. The van der Waals surface area contributed by atoms with Gasteiger partial charge in [-0.15, -0.1) is 0 Å². The number of guanidine groups is 1. The van der Waals surface area contributed by atoms with Gasteiger partial charge < -0.3 is 19.9 Å². The summed E-state index contributed by atoms with van der Waals surface area (Å²) in [7, 11) is 1.84. The van der Waals surface area contributed by atoms with E-state index in [1.54, 1.807) is 0 Å². The second-order valence-corrected chi connectivity index (χ2v) is 8.46. The zero-order valence-corrected chi connectivity index (χ0v) is 17.0. The largest absolute Gasteiger partial charge is 0.377 e. The van der Waals surface area contributed by atoms with Gasteiger partial charge in [0.1, 0.15) is 0 Å². The van der Waals surface area contributed by atoms with E-state index in [-0.39, 0.29) is 0 Å². The fourth-order valence-corrected chi connectivity index (χ4v) is 5.73. The SMILES string of the molecule is CCC(CC)c1cc(CNC(=NC)NC2C3CCOC3C23CCCC3)on1. The second kappa shape index (κ2) is 7.82. The molecule has 3 aliphatic rings. The second-order valence-electron chi connectivity index (χ2n) is 8.46. The molecule has 2 heterocycles. The molecule has 1 saturated heterocycles. The van der Waals surface area contributed by atoms with Gasteiger partial charge in [0.05, 0.1) is 18.3 Å². The van der Waals surface area contributed by atoms with Gasteiger partial charge in [-0.3, -0.25) is 4.99 Å². The summed E-state index contributed by atoms with van der Waals surface area (Å²) in [5.74, 6) is 2.84. The van der Waals surface area contributed by atoms with Crippen molar-refractivity contribution in [3.63, 3.8) is 0 Å². The van der Waals surface area contributed by atoms with Crippen LogP contribution < -0.4 is 10.6 Å². The monoisotopic (exact) mass is 374 g/mol. The Hall–Kier alpha value is -1.56. The van der Waals surface area contributed by atoms with Crippen LogP contribution in [0.15, 0.2) is 15.6 Å². The molecular formula is C21H34N4O2. The number of nitrogens with zero attached hydrogens (tertiary/aromatic N) is 2. The molecule has 1 aromatic rings. The Labute approximate surface area is 162 Å². The molecular weight excluding hydrogens is 340 g/mol. The smallest absolute Gasteiger partial charge is 0.191 e. The van der Waals surface area contributed by atoms with Gasteiger partial charge >= 0.3 is 0 Å². The Morgan fingerprint density at radius 2 is 2.11 bits per heavy atom.